The minimum absolute atomic E-state index is 1.35. The Morgan fingerprint density at radius 2 is 0.853 bits per heavy atom. The fourth-order valence-corrected chi connectivity index (χ4v) is 3.62. The van der Waals surface area contributed by atoms with Gasteiger partial charge in [-0.15, -0.1) is 0 Å². The van der Waals surface area contributed by atoms with Crippen molar-refractivity contribution in [1.82, 2.24) is 0 Å². The van der Waals surface area contributed by atoms with E-state index in [1.807, 2.05) is 0 Å². The molecule has 0 aliphatic heterocycles. The van der Waals surface area contributed by atoms with E-state index in [9.17, 15) is 47.9 Å². The van der Waals surface area contributed by atoms with Crippen LogP contribution in [0.25, 0.3) is 0 Å². The van der Waals surface area contributed by atoms with Crippen LogP contribution >= 0.6 is 0 Å². The van der Waals surface area contributed by atoms with Gasteiger partial charge in [0, 0.05) is 0 Å². The van der Waals surface area contributed by atoms with E-state index < -0.39 is 33.4 Å². The Bertz CT molecular complexity index is 631. The molecule has 1 N–H and O–H groups in total. The van der Waals surface area contributed by atoms with Crippen LogP contribution in [-0.2, 0) is 10.1 Å². The minimum atomic E-state index is -7.37. The van der Waals surface area contributed by atoms with E-state index in [0.29, 0.717) is 0 Å². The van der Waals surface area contributed by atoms with Crippen LogP contribution in [-0.4, -0.2) is 66.9 Å². The molecule has 0 spiro atoms. The van der Waals surface area contributed by atoms with Crippen LogP contribution in [0.3, 0.4) is 0 Å². The third-order valence-electron chi connectivity index (χ3n) is 5.38. The average Bonchev–Trinajstić information content (AvgIpc) is 2.71. The summed E-state index contributed by atoms with van der Waals surface area (Å²) in [6.45, 7) is 15.0. The predicted octanol–water partition coefficient (Wildman–Crippen LogP) is 7.30. The van der Waals surface area contributed by atoms with Gasteiger partial charge in [0.1, 0.15) is 0 Å². The molecule has 0 aromatic carbocycles. The van der Waals surface area contributed by atoms with Gasteiger partial charge in [-0.25, -0.2) is 0 Å². The molecule has 34 heavy (non-hydrogen) atoms. The predicted molar refractivity (Wildman–Crippen MR) is 112 cm³/mol. The van der Waals surface area contributed by atoms with Gasteiger partial charge in [-0.2, -0.15) is 47.9 Å². The highest BCUT2D eigenvalue weighted by Gasteiger charge is 2.85. The maximum atomic E-state index is 12.2. The molecule has 14 heteroatoms. The minimum Gasteiger partial charge on any atom is -0.324 e. The van der Waals surface area contributed by atoms with Crippen molar-refractivity contribution in [2.45, 2.75) is 102 Å². The van der Waals surface area contributed by atoms with Gasteiger partial charge in [0.15, 0.2) is 0 Å². The molecule has 0 aromatic heterocycles. The first-order chi connectivity index (χ1) is 15.2. The van der Waals surface area contributed by atoms with Crippen LogP contribution < -0.4 is 0 Å². The van der Waals surface area contributed by atoms with E-state index in [0.717, 1.165) is 0 Å². The van der Waals surface area contributed by atoms with Crippen LogP contribution in [0.4, 0.5) is 39.5 Å². The summed E-state index contributed by atoms with van der Waals surface area (Å²) in [7, 11) is -7.17. The van der Waals surface area contributed by atoms with Crippen LogP contribution in [0.15, 0.2) is 0 Å². The van der Waals surface area contributed by atoms with E-state index in [4.69, 9.17) is 4.55 Å². The summed E-state index contributed by atoms with van der Waals surface area (Å²) in [6, 6.07) is 0. The second-order valence-corrected chi connectivity index (χ2v) is 9.75. The van der Waals surface area contributed by atoms with Gasteiger partial charge in [-0.3, -0.25) is 4.55 Å². The zero-order valence-corrected chi connectivity index (χ0v) is 20.8. The molecule has 0 radical (unpaired) electrons. The zero-order valence-electron chi connectivity index (χ0n) is 20.0. The van der Waals surface area contributed by atoms with E-state index in [1.54, 1.807) is 0 Å². The van der Waals surface area contributed by atoms with E-state index in [-0.39, 0.29) is 0 Å². The number of nitrogens with zero attached hydrogens (tertiary/aromatic N) is 1. The Balaban J connectivity index is 0. The van der Waals surface area contributed by atoms with Crippen LogP contribution in [0.2, 0.25) is 0 Å². The number of quaternary nitrogens is 1. The van der Waals surface area contributed by atoms with Gasteiger partial charge < -0.3 is 4.48 Å². The van der Waals surface area contributed by atoms with Gasteiger partial charge in [-0.05, 0) is 25.7 Å². The van der Waals surface area contributed by atoms with Gasteiger partial charge >= 0.3 is 33.4 Å². The summed E-state index contributed by atoms with van der Waals surface area (Å²) in [5.41, 5.74) is 0. The summed E-state index contributed by atoms with van der Waals surface area (Å²) in [6.07, 6.45) is 3.93. The van der Waals surface area contributed by atoms with Crippen molar-refractivity contribution in [2.75, 3.05) is 26.2 Å². The Morgan fingerprint density at radius 3 is 1.03 bits per heavy atom. The summed E-state index contributed by atoms with van der Waals surface area (Å²) in [4.78, 5) is 0. The largest absolute Gasteiger partial charge is 0.460 e. The Kier molecular flexibility index (Phi) is 14.7. The zero-order chi connectivity index (χ0) is 27.5. The number of halogens is 9. The normalized spacial score (nSPS) is 14.1. The van der Waals surface area contributed by atoms with Crippen molar-refractivity contribution in [3.8, 4) is 0 Å². The Morgan fingerprint density at radius 1 is 0.588 bits per heavy atom. The van der Waals surface area contributed by atoms with Crippen LogP contribution in [0.5, 0.6) is 0 Å². The lowest BCUT2D eigenvalue weighted by Crippen LogP contribution is -2.63. The molecule has 0 heterocycles. The van der Waals surface area contributed by atoms with Gasteiger partial charge in [0.25, 0.3) is 0 Å². The van der Waals surface area contributed by atoms with Gasteiger partial charge in [-0.1, -0.05) is 53.4 Å². The summed E-state index contributed by atoms with van der Waals surface area (Å²) in [5.74, 6) is -14.7. The SMILES string of the molecule is CCCC[N+](CCCC)(CCCC)CCCC.O=S(=O)(O)C(F)(F)C(F)(F)C(F)(F)C(F)(F)F. The molecule has 0 aromatic rings. The van der Waals surface area contributed by atoms with Crippen molar-refractivity contribution in [2.24, 2.45) is 0 Å². The Hall–Kier alpha value is -0.760. The average molecular weight is 543 g/mol. The fourth-order valence-electron chi connectivity index (χ4n) is 3.17. The van der Waals surface area contributed by atoms with Gasteiger partial charge in [0.05, 0.1) is 26.2 Å². The number of rotatable bonds is 15. The molecule has 4 nitrogen and oxygen atoms in total. The maximum absolute atomic E-state index is 12.2. The summed E-state index contributed by atoms with van der Waals surface area (Å²) < 4.78 is 135. The monoisotopic (exact) mass is 542 g/mol. The second-order valence-electron chi connectivity index (χ2n) is 8.29. The van der Waals surface area contributed by atoms with E-state index in [2.05, 4.69) is 27.7 Å². The molecule has 0 unspecified atom stereocenters. The fraction of sp³-hybridized carbons (Fsp3) is 1.00. The van der Waals surface area contributed by atoms with Crippen molar-refractivity contribution in [3.05, 3.63) is 0 Å². The molecule has 0 fully saturated rings. The van der Waals surface area contributed by atoms with Crippen LogP contribution in [0.1, 0.15) is 79.1 Å². The van der Waals surface area contributed by atoms with Crippen molar-refractivity contribution < 1.29 is 57.0 Å². The second kappa shape index (κ2) is 14.1. The third-order valence-corrected chi connectivity index (χ3v) is 6.29. The molecule has 0 rings (SSSR count). The smallest absolute Gasteiger partial charge is 0.324 e. The number of hydrogen-bond donors (Lipinski definition) is 1. The molecule has 0 atom stereocenters. The van der Waals surface area contributed by atoms with Gasteiger partial charge in [0.2, 0.25) is 0 Å². The quantitative estimate of drug-likeness (QED) is 0.134. The first kappa shape index (κ1) is 35.4. The first-order valence-corrected chi connectivity index (χ1v) is 12.7. The van der Waals surface area contributed by atoms with E-state index in [1.165, 1.54) is 82.0 Å². The van der Waals surface area contributed by atoms with E-state index >= 15 is 0 Å². The summed E-state index contributed by atoms with van der Waals surface area (Å²) in [5, 5.41) is -7.00. The molecular formula is C20H37F9NO3S+. The molecule has 0 saturated heterocycles. The molecule has 0 saturated carbocycles. The lowest BCUT2D eigenvalue weighted by Gasteiger charge is -2.39. The molecule has 0 bridgehead atoms. The molecule has 0 aliphatic carbocycles. The maximum Gasteiger partial charge on any atom is 0.460 e. The topological polar surface area (TPSA) is 54.4 Å². The lowest BCUT2D eigenvalue weighted by atomic mass is 10.1. The highest BCUT2D eigenvalue weighted by molar-refractivity contribution is 7.87. The lowest BCUT2D eigenvalue weighted by molar-refractivity contribution is -0.929. The Labute approximate surface area is 196 Å². The molecule has 0 amide bonds. The van der Waals surface area contributed by atoms with Crippen LogP contribution in [0, 0.1) is 0 Å². The standard InChI is InChI=1S/C16H36N.C4HF9O3S/c1-5-9-13-17(14-10-6-2,15-11-7-3)16-12-8-4;5-1(6,3(9,10)11)2(7,8)4(12,13)17(14,15)16/h5-16H2,1-4H3;(H,14,15,16)/q+1;. The highest BCUT2D eigenvalue weighted by Crippen LogP contribution is 2.54. The molecule has 208 valence electrons. The number of hydrogen-bond acceptors (Lipinski definition) is 2. The third kappa shape index (κ3) is 9.36. The van der Waals surface area contributed by atoms with Crippen molar-refractivity contribution in [3.63, 3.8) is 0 Å². The molecule has 0 aliphatic rings. The first-order valence-electron chi connectivity index (χ1n) is 11.3. The van der Waals surface area contributed by atoms with Crippen molar-refractivity contribution in [1.29, 1.82) is 0 Å². The summed E-state index contributed by atoms with van der Waals surface area (Å²) >= 11 is 0. The highest BCUT2D eigenvalue weighted by atomic mass is 32.2. The number of unbranched alkanes of at least 4 members (excludes halogenated alkanes) is 4. The van der Waals surface area contributed by atoms with Crippen molar-refractivity contribution >= 4 is 10.1 Å². The molecular weight excluding hydrogens is 505 g/mol. The number of alkyl halides is 9.